The van der Waals surface area contributed by atoms with Crippen molar-refractivity contribution in [1.29, 1.82) is 0 Å². The highest BCUT2D eigenvalue weighted by Gasteiger charge is 2.14. The van der Waals surface area contributed by atoms with E-state index in [4.69, 9.17) is 5.84 Å². The maximum Gasteiger partial charge on any atom is 0.234 e. The number of nitrogens with two attached hydrogens (primary N) is 1. The lowest BCUT2D eigenvalue weighted by atomic mass is 10.2. The van der Waals surface area contributed by atoms with Crippen LogP contribution in [0.15, 0.2) is 53.7 Å². The van der Waals surface area contributed by atoms with Gasteiger partial charge in [-0.3, -0.25) is 4.79 Å². The molecule has 0 aliphatic rings. The first-order valence-corrected chi connectivity index (χ1v) is 9.24. The zero-order valence-electron chi connectivity index (χ0n) is 12.8. The Morgan fingerprint density at radius 2 is 2.00 bits per heavy atom. The summed E-state index contributed by atoms with van der Waals surface area (Å²) in [6.07, 6.45) is 0. The van der Waals surface area contributed by atoms with Crippen molar-refractivity contribution in [3.8, 4) is 11.4 Å². The van der Waals surface area contributed by atoms with E-state index in [0.29, 0.717) is 16.5 Å². The van der Waals surface area contributed by atoms with Crippen molar-refractivity contribution in [2.24, 2.45) is 0 Å². The number of benzene rings is 2. The first-order chi connectivity index (χ1) is 12.0. The van der Waals surface area contributed by atoms with Crippen LogP contribution in [0.5, 0.6) is 0 Å². The van der Waals surface area contributed by atoms with Gasteiger partial charge in [0.05, 0.1) is 5.75 Å². The summed E-state index contributed by atoms with van der Waals surface area (Å²) in [5.41, 5.74) is 1.38. The number of nitrogen functional groups attached to an aromatic ring is 1. The zero-order valence-corrected chi connectivity index (χ0v) is 15.8. The monoisotopic (exact) mass is 469 g/mol. The van der Waals surface area contributed by atoms with Crippen LogP contribution >= 0.6 is 34.4 Å². The van der Waals surface area contributed by atoms with Gasteiger partial charge in [0.25, 0.3) is 0 Å². The molecule has 0 unspecified atom stereocenters. The molecule has 25 heavy (non-hydrogen) atoms. The summed E-state index contributed by atoms with van der Waals surface area (Å²) in [7, 11) is 0. The van der Waals surface area contributed by atoms with Crippen LogP contribution in [0, 0.1) is 9.39 Å². The fourth-order valence-corrected chi connectivity index (χ4v) is 3.26. The summed E-state index contributed by atoms with van der Waals surface area (Å²) in [6.45, 7) is 0. The third-order valence-electron chi connectivity index (χ3n) is 3.21. The normalized spacial score (nSPS) is 10.6. The third kappa shape index (κ3) is 4.48. The van der Waals surface area contributed by atoms with Crippen LogP contribution in [-0.4, -0.2) is 26.5 Å². The molecule has 1 aromatic heterocycles. The van der Waals surface area contributed by atoms with Crippen LogP contribution in [-0.2, 0) is 4.79 Å². The molecule has 1 heterocycles. The molecule has 3 N–H and O–H groups in total. The lowest BCUT2D eigenvalue weighted by molar-refractivity contribution is -0.113. The molecule has 3 rings (SSSR count). The zero-order chi connectivity index (χ0) is 17.8. The van der Waals surface area contributed by atoms with E-state index in [1.165, 1.54) is 28.6 Å². The minimum Gasteiger partial charge on any atom is -0.335 e. The summed E-state index contributed by atoms with van der Waals surface area (Å²) >= 11 is 3.35. The molecular formula is C16H13FIN5OS. The van der Waals surface area contributed by atoms with Gasteiger partial charge in [0.2, 0.25) is 11.1 Å². The average molecular weight is 469 g/mol. The van der Waals surface area contributed by atoms with Gasteiger partial charge in [-0.25, -0.2) is 9.07 Å². The van der Waals surface area contributed by atoms with Crippen LogP contribution in [0.3, 0.4) is 0 Å². The van der Waals surface area contributed by atoms with Gasteiger partial charge in [-0.05, 0) is 65.1 Å². The number of thioether (sulfide) groups is 1. The van der Waals surface area contributed by atoms with E-state index in [9.17, 15) is 9.18 Å². The van der Waals surface area contributed by atoms with E-state index in [2.05, 4.69) is 38.1 Å². The first-order valence-electron chi connectivity index (χ1n) is 7.17. The summed E-state index contributed by atoms with van der Waals surface area (Å²) in [5.74, 6) is 6.02. The molecule has 0 atom stereocenters. The van der Waals surface area contributed by atoms with Gasteiger partial charge in [-0.15, -0.1) is 10.2 Å². The molecule has 1 amide bonds. The number of nitrogens with one attached hydrogen (secondary N) is 1. The molecule has 6 nitrogen and oxygen atoms in total. The Labute approximate surface area is 161 Å². The maximum absolute atomic E-state index is 13.0. The second-order valence-corrected chi connectivity index (χ2v) is 7.22. The minimum absolute atomic E-state index is 0.143. The van der Waals surface area contributed by atoms with Crippen LogP contribution in [0.1, 0.15) is 0 Å². The number of hydrogen-bond acceptors (Lipinski definition) is 5. The van der Waals surface area contributed by atoms with Crippen molar-refractivity contribution >= 4 is 45.9 Å². The Bertz CT molecular complexity index is 900. The van der Waals surface area contributed by atoms with E-state index >= 15 is 0 Å². The summed E-state index contributed by atoms with van der Waals surface area (Å²) in [5, 5.41) is 11.2. The van der Waals surface area contributed by atoms with Crippen LogP contribution in [0.2, 0.25) is 0 Å². The summed E-state index contributed by atoms with van der Waals surface area (Å²) < 4.78 is 15.3. The number of nitrogens with zero attached hydrogens (tertiary/aromatic N) is 3. The largest absolute Gasteiger partial charge is 0.335 e. The molecule has 2 aromatic carbocycles. The van der Waals surface area contributed by atoms with E-state index in [-0.39, 0.29) is 17.5 Å². The molecular weight excluding hydrogens is 456 g/mol. The highest BCUT2D eigenvalue weighted by atomic mass is 127. The quantitative estimate of drug-likeness (QED) is 0.341. The summed E-state index contributed by atoms with van der Waals surface area (Å²) in [6, 6.07) is 13.3. The standard InChI is InChI=1S/C16H13FIN5OS/c17-11-6-4-10(5-7-11)15-21-22-16(23(15)19)25-9-14(24)20-13-3-1-2-12(18)8-13/h1-8H,9,19H2,(H,20,24). The molecule has 0 aliphatic carbocycles. The van der Waals surface area contributed by atoms with E-state index in [1.807, 2.05) is 24.3 Å². The van der Waals surface area contributed by atoms with Gasteiger partial charge >= 0.3 is 0 Å². The average Bonchev–Trinajstić information content (AvgIpc) is 2.94. The van der Waals surface area contributed by atoms with Crippen molar-refractivity contribution < 1.29 is 9.18 Å². The highest BCUT2D eigenvalue weighted by molar-refractivity contribution is 14.1. The number of amides is 1. The number of halogens is 2. The third-order valence-corrected chi connectivity index (χ3v) is 4.82. The van der Waals surface area contributed by atoms with Crippen LogP contribution in [0.25, 0.3) is 11.4 Å². The Kier molecular flexibility index (Phi) is 5.53. The summed E-state index contributed by atoms with van der Waals surface area (Å²) in [4.78, 5) is 12.0. The number of aromatic nitrogens is 3. The van der Waals surface area contributed by atoms with Crippen LogP contribution in [0.4, 0.5) is 10.1 Å². The van der Waals surface area contributed by atoms with Gasteiger partial charge in [0.1, 0.15) is 5.82 Å². The Balaban J connectivity index is 1.64. The Morgan fingerprint density at radius 1 is 1.24 bits per heavy atom. The van der Waals surface area contributed by atoms with Gasteiger partial charge in [0, 0.05) is 14.8 Å². The molecule has 0 bridgehead atoms. The van der Waals surface area contributed by atoms with Crippen molar-refractivity contribution in [1.82, 2.24) is 14.9 Å². The smallest absolute Gasteiger partial charge is 0.234 e. The molecule has 0 fully saturated rings. The minimum atomic E-state index is -0.339. The number of anilines is 1. The molecule has 128 valence electrons. The second-order valence-electron chi connectivity index (χ2n) is 5.03. The van der Waals surface area contributed by atoms with Gasteiger partial charge in [0.15, 0.2) is 5.82 Å². The fourth-order valence-electron chi connectivity index (χ4n) is 2.06. The van der Waals surface area contributed by atoms with Crippen molar-refractivity contribution in [3.63, 3.8) is 0 Å². The van der Waals surface area contributed by atoms with Crippen LogP contribution < -0.4 is 11.2 Å². The van der Waals surface area contributed by atoms with Gasteiger partial charge in [-0.2, -0.15) is 0 Å². The molecule has 0 aliphatic heterocycles. The maximum atomic E-state index is 13.0. The first kappa shape index (κ1) is 17.7. The van der Waals surface area contributed by atoms with Gasteiger partial charge < -0.3 is 11.2 Å². The van der Waals surface area contributed by atoms with E-state index in [1.54, 1.807) is 12.1 Å². The lowest BCUT2D eigenvalue weighted by Gasteiger charge is -2.06. The number of carbonyl (C=O) groups excluding carboxylic acids is 1. The molecule has 0 saturated heterocycles. The lowest BCUT2D eigenvalue weighted by Crippen LogP contribution is -2.16. The van der Waals surface area contributed by atoms with Crippen molar-refractivity contribution in [2.75, 3.05) is 16.9 Å². The number of carbonyl (C=O) groups is 1. The molecule has 3 aromatic rings. The predicted molar refractivity (Wildman–Crippen MR) is 104 cm³/mol. The van der Waals surface area contributed by atoms with Crippen molar-refractivity contribution in [2.45, 2.75) is 5.16 Å². The fraction of sp³-hybridized carbons (Fsp3) is 0.0625. The number of hydrogen-bond donors (Lipinski definition) is 2. The highest BCUT2D eigenvalue weighted by Crippen LogP contribution is 2.22. The Morgan fingerprint density at radius 3 is 2.72 bits per heavy atom. The van der Waals surface area contributed by atoms with Gasteiger partial charge in [-0.1, -0.05) is 17.8 Å². The molecule has 0 saturated carbocycles. The van der Waals surface area contributed by atoms with E-state index < -0.39 is 0 Å². The van der Waals surface area contributed by atoms with E-state index in [0.717, 1.165) is 9.26 Å². The SMILES string of the molecule is Nn1c(SCC(=O)Nc2cccc(I)c2)nnc1-c1ccc(F)cc1. The second kappa shape index (κ2) is 7.83. The molecule has 0 spiro atoms. The van der Waals surface area contributed by atoms with Crippen molar-refractivity contribution in [3.05, 3.63) is 57.9 Å². The predicted octanol–water partition coefficient (Wildman–Crippen LogP) is 3.13. The molecule has 9 heteroatoms. The Hall–Kier alpha value is -2.14. The topological polar surface area (TPSA) is 85.8 Å². The number of rotatable bonds is 5. The molecule has 0 radical (unpaired) electrons.